The Morgan fingerprint density at radius 1 is 0.913 bits per heavy atom. The fourth-order valence-corrected chi connectivity index (χ4v) is 5.66. The van der Waals surface area contributed by atoms with E-state index in [0.717, 1.165) is 5.02 Å². The van der Waals surface area contributed by atoms with Crippen LogP contribution in [-0.2, 0) is 5.41 Å². The van der Waals surface area contributed by atoms with Gasteiger partial charge in [0.1, 0.15) is 0 Å². The molecule has 1 aliphatic rings. The molecule has 0 amide bonds. The van der Waals surface area contributed by atoms with E-state index in [9.17, 15) is 0 Å². The van der Waals surface area contributed by atoms with Crippen molar-refractivity contribution in [3.8, 4) is 11.1 Å². The smallest absolute Gasteiger partial charge is 0.0502 e. The van der Waals surface area contributed by atoms with Gasteiger partial charge in [-0.1, -0.05) is 67.9 Å². The summed E-state index contributed by atoms with van der Waals surface area (Å²) in [5, 5.41) is 3.35. The maximum Gasteiger partial charge on any atom is 0.0502 e. The summed E-state index contributed by atoms with van der Waals surface area (Å²) in [5.41, 5.74) is 5.49. The van der Waals surface area contributed by atoms with E-state index in [4.69, 9.17) is 11.6 Å². The maximum atomic E-state index is 6.74. The summed E-state index contributed by atoms with van der Waals surface area (Å²) in [6.45, 7) is 4.60. The van der Waals surface area contributed by atoms with Crippen molar-refractivity contribution in [1.29, 1.82) is 0 Å². The fourth-order valence-electron chi connectivity index (χ4n) is 4.00. The number of hydrogen-bond acceptors (Lipinski definition) is 1. The highest BCUT2D eigenvalue weighted by atomic mass is 35.5. The second-order valence-corrected chi connectivity index (χ2v) is 8.21. The molecule has 23 heavy (non-hydrogen) atoms. The molecule has 0 fully saturated rings. The molecule has 0 saturated carbocycles. The summed E-state index contributed by atoms with van der Waals surface area (Å²) < 4.78 is 2.63. The lowest BCUT2D eigenvalue weighted by molar-refractivity contribution is 0.661. The third-order valence-electron chi connectivity index (χ3n) is 5.14. The Kier molecular flexibility index (Phi) is 2.58. The first-order valence-electron chi connectivity index (χ1n) is 7.83. The third-order valence-corrected chi connectivity index (χ3v) is 6.63. The number of hydrogen-bond donors (Lipinski definition) is 0. The number of fused-ring (bicyclic) bond motifs is 7. The van der Waals surface area contributed by atoms with Gasteiger partial charge in [0.05, 0.1) is 5.02 Å². The van der Waals surface area contributed by atoms with E-state index in [-0.39, 0.29) is 5.41 Å². The van der Waals surface area contributed by atoms with Crippen LogP contribution in [0.15, 0.2) is 54.6 Å². The zero-order valence-electron chi connectivity index (χ0n) is 13.0. The van der Waals surface area contributed by atoms with Gasteiger partial charge in [0.25, 0.3) is 0 Å². The molecular weight excluding hydrogens is 320 g/mol. The van der Waals surface area contributed by atoms with Crippen molar-refractivity contribution in [2.24, 2.45) is 0 Å². The van der Waals surface area contributed by atoms with Crippen LogP contribution in [0.3, 0.4) is 0 Å². The summed E-state index contributed by atoms with van der Waals surface area (Å²) >= 11 is 8.60. The first kappa shape index (κ1) is 13.6. The van der Waals surface area contributed by atoms with Gasteiger partial charge in [-0.2, -0.15) is 0 Å². The van der Waals surface area contributed by atoms with Gasteiger partial charge in [0.2, 0.25) is 0 Å². The molecule has 2 heteroatoms. The molecule has 0 unspecified atom stereocenters. The summed E-state index contributed by atoms with van der Waals surface area (Å²) in [4.78, 5) is 0. The Morgan fingerprint density at radius 3 is 2.52 bits per heavy atom. The van der Waals surface area contributed by atoms with Crippen molar-refractivity contribution in [1.82, 2.24) is 0 Å². The number of rotatable bonds is 0. The van der Waals surface area contributed by atoms with Gasteiger partial charge >= 0.3 is 0 Å². The standard InChI is InChI=1S/C21H15ClS/c1-21(2)14-9-5-3-7-12(14)18-15(21)11-16(22)19-13-8-4-6-10-17(13)23-20(18)19/h3-11H,1-2H3. The van der Waals surface area contributed by atoms with Gasteiger partial charge in [-0.15, -0.1) is 11.3 Å². The summed E-state index contributed by atoms with van der Waals surface area (Å²) in [6.07, 6.45) is 0. The van der Waals surface area contributed by atoms with Crippen LogP contribution < -0.4 is 0 Å². The molecule has 0 atom stereocenters. The van der Waals surface area contributed by atoms with Gasteiger partial charge in [0, 0.05) is 31.2 Å². The number of halogens is 1. The van der Waals surface area contributed by atoms with Crippen molar-refractivity contribution in [3.05, 3.63) is 70.7 Å². The monoisotopic (exact) mass is 334 g/mol. The van der Waals surface area contributed by atoms with Gasteiger partial charge in [-0.05, 0) is 28.8 Å². The van der Waals surface area contributed by atoms with Crippen molar-refractivity contribution in [2.45, 2.75) is 19.3 Å². The number of thiophene rings is 1. The molecule has 1 aromatic heterocycles. The molecule has 0 aliphatic heterocycles. The van der Waals surface area contributed by atoms with Crippen LogP contribution in [0.2, 0.25) is 5.02 Å². The van der Waals surface area contributed by atoms with Crippen molar-refractivity contribution < 1.29 is 0 Å². The molecule has 5 rings (SSSR count). The second kappa shape index (κ2) is 4.37. The van der Waals surface area contributed by atoms with Gasteiger partial charge in [-0.3, -0.25) is 0 Å². The Bertz CT molecular complexity index is 1100. The van der Waals surface area contributed by atoms with Gasteiger partial charge < -0.3 is 0 Å². The minimum atomic E-state index is -0.0000683. The normalized spacial score (nSPS) is 15.1. The molecule has 0 spiro atoms. The molecule has 1 heterocycles. The second-order valence-electron chi connectivity index (χ2n) is 6.75. The Labute approximate surface area is 144 Å². The molecule has 0 saturated heterocycles. The average Bonchev–Trinajstić information content (AvgIpc) is 3.03. The van der Waals surface area contributed by atoms with Crippen LogP contribution >= 0.6 is 22.9 Å². The highest BCUT2D eigenvalue weighted by Crippen LogP contribution is 2.55. The first-order valence-corrected chi connectivity index (χ1v) is 9.02. The van der Waals surface area contributed by atoms with E-state index in [1.54, 1.807) is 0 Å². The topological polar surface area (TPSA) is 0 Å². The molecule has 3 aromatic carbocycles. The molecule has 4 aromatic rings. The van der Waals surface area contributed by atoms with Gasteiger partial charge in [0.15, 0.2) is 0 Å². The largest absolute Gasteiger partial charge is 0.134 e. The minimum Gasteiger partial charge on any atom is -0.134 e. The average molecular weight is 335 g/mol. The Hall–Kier alpha value is -1.83. The van der Waals surface area contributed by atoms with E-state index in [1.807, 2.05) is 11.3 Å². The predicted octanol–water partition coefficient (Wildman–Crippen LogP) is 7.01. The molecular formula is C21H15ClS. The molecule has 0 nitrogen and oxygen atoms in total. The van der Waals surface area contributed by atoms with E-state index in [0.29, 0.717) is 0 Å². The molecule has 1 aliphatic carbocycles. The molecule has 0 bridgehead atoms. The van der Waals surface area contributed by atoms with E-state index < -0.39 is 0 Å². The van der Waals surface area contributed by atoms with Crippen molar-refractivity contribution in [2.75, 3.05) is 0 Å². The minimum absolute atomic E-state index is 0.0000683. The zero-order chi connectivity index (χ0) is 15.8. The lowest BCUT2D eigenvalue weighted by Gasteiger charge is -2.21. The van der Waals surface area contributed by atoms with Gasteiger partial charge in [-0.25, -0.2) is 0 Å². The van der Waals surface area contributed by atoms with Crippen molar-refractivity contribution in [3.63, 3.8) is 0 Å². The van der Waals surface area contributed by atoms with Crippen LogP contribution in [0.4, 0.5) is 0 Å². The van der Waals surface area contributed by atoms with Crippen LogP contribution in [0.1, 0.15) is 25.0 Å². The van der Waals surface area contributed by atoms with Crippen LogP contribution in [0.25, 0.3) is 31.3 Å². The Morgan fingerprint density at radius 2 is 1.65 bits per heavy atom. The summed E-state index contributed by atoms with van der Waals surface area (Å²) in [6, 6.07) is 19.5. The van der Waals surface area contributed by atoms with E-state index in [1.165, 1.54) is 42.4 Å². The lowest BCUT2D eigenvalue weighted by Crippen LogP contribution is -2.14. The molecule has 112 valence electrons. The first-order chi connectivity index (χ1) is 11.1. The summed E-state index contributed by atoms with van der Waals surface area (Å²) in [5.74, 6) is 0. The molecule has 0 radical (unpaired) electrons. The SMILES string of the molecule is CC1(C)c2ccccc2-c2c1cc(Cl)c1c2sc2ccccc21. The van der Waals surface area contributed by atoms with Crippen LogP contribution in [-0.4, -0.2) is 0 Å². The third kappa shape index (κ3) is 1.62. The molecule has 0 N–H and O–H groups in total. The Balaban J connectivity index is 2.05. The van der Waals surface area contributed by atoms with Crippen molar-refractivity contribution >= 4 is 43.1 Å². The summed E-state index contributed by atoms with van der Waals surface area (Å²) in [7, 11) is 0. The zero-order valence-corrected chi connectivity index (χ0v) is 14.6. The quantitative estimate of drug-likeness (QED) is 0.324. The maximum absolute atomic E-state index is 6.74. The number of benzene rings is 3. The van der Waals surface area contributed by atoms with E-state index in [2.05, 4.69) is 68.4 Å². The van der Waals surface area contributed by atoms with Crippen LogP contribution in [0, 0.1) is 0 Å². The van der Waals surface area contributed by atoms with Crippen LogP contribution in [0.5, 0.6) is 0 Å². The highest BCUT2D eigenvalue weighted by Gasteiger charge is 2.37. The fraction of sp³-hybridized carbons (Fsp3) is 0.143. The van der Waals surface area contributed by atoms with E-state index >= 15 is 0 Å². The predicted molar refractivity (Wildman–Crippen MR) is 102 cm³/mol. The highest BCUT2D eigenvalue weighted by molar-refractivity contribution is 7.26. The lowest BCUT2D eigenvalue weighted by atomic mass is 9.82.